The van der Waals surface area contributed by atoms with Gasteiger partial charge in [-0.3, -0.25) is 10.1 Å². The number of aliphatic hydroxyl groups excluding tert-OH is 1. The fourth-order valence-electron chi connectivity index (χ4n) is 2.26. The maximum atomic E-state index is 10.8. The van der Waals surface area contributed by atoms with E-state index in [1.165, 1.54) is 12.1 Å². The molecule has 0 bridgehead atoms. The van der Waals surface area contributed by atoms with Crippen molar-refractivity contribution in [3.63, 3.8) is 0 Å². The smallest absolute Gasteiger partial charge is 0.269 e. The van der Waals surface area contributed by atoms with E-state index in [4.69, 9.17) is 4.74 Å². The van der Waals surface area contributed by atoms with Crippen LogP contribution in [0.5, 0.6) is 11.5 Å². The van der Waals surface area contributed by atoms with E-state index in [-0.39, 0.29) is 12.1 Å². The minimum atomic E-state index is -0.759. The summed E-state index contributed by atoms with van der Waals surface area (Å²) in [5, 5.41) is 21.1. The third kappa shape index (κ3) is 2.17. The maximum Gasteiger partial charge on any atom is 0.269 e. The molecule has 2 aromatic carbocycles. The van der Waals surface area contributed by atoms with Crippen molar-refractivity contribution >= 4 is 21.6 Å². The fourth-order valence-corrected chi connectivity index (χ4v) is 2.72. The number of nitro groups is 1. The molecule has 1 heterocycles. The Labute approximate surface area is 123 Å². The first-order valence-electron chi connectivity index (χ1n) is 5.98. The second kappa shape index (κ2) is 4.88. The van der Waals surface area contributed by atoms with E-state index in [0.29, 0.717) is 22.6 Å². The molecule has 1 aliphatic heterocycles. The van der Waals surface area contributed by atoms with Gasteiger partial charge in [-0.1, -0.05) is 12.1 Å². The zero-order valence-electron chi connectivity index (χ0n) is 10.2. The molecule has 1 unspecified atom stereocenters. The summed E-state index contributed by atoms with van der Waals surface area (Å²) in [6, 6.07) is 9.82. The molecule has 0 saturated carbocycles. The molecule has 0 aliphatic carbocycles. The van der Waals surface area contributed by atoms with Gasteiger partial charge in [-0.2, -0.15) is 0 Å². The van der Waals surface area contributed by atoms with Crippen LogP contribution in [0.25, 0.3) is 0 Å². The molecule has 0 aromatic heterocycles. The standard InChI is InChI=1S/C14H10BrNO4/c15-11-3-1-2-10-12(17)7-8-6-9(16(18)19)4-5-13(8)20-14(10)11/h1-6,12,17H,7H2. The van der Waals surface area contributed by atoms with E-state index in [2.05, 4.69) is 15.9 Å². The molecule has 102 valence electrons. The summed E-state index contributed by atoms with van der Waals surface area (Å²) in [6.45, 7) is 0. The number of para-hydroxylation sites is 1. The summed E-state index contributed by atoms with van der Waals surface area (Å²) in [5.41, 5.74) is 1.28. The average molecular weight is 336 g/mol. The first-order valence-corrected chi connectivity index (χ1v) is 6.77. The Hall–Kier alpha value is -1.92. The lowest BCUT2D eigenvalue weighted by molar-refractivity contribution is -0.384. The van der Waals surface area contributed by atoms with Crippen LogP contribution in [0.2, 0.25) is 0 Å². The predicted octanol–water partition coefficient (Wildman–Crippen LogP) is 3.74. The Morgan fingerprint density at radius 2 is 2.15 bits per heavy atom. The molecule has 1 N–H and O–H groups in total. The van der Waals surface area contributed by atoms with Crippen LogP contribution in [0.3, 0.4) is 0 Å². The number of rotatable bonds is 1. The van der Waals surface area contributed by atoms with E-state index in [0.717, 1.165) is 4.47 Å². The summed E-state index contributed by atoms with van der Waals surface area (Å²) >= 11 is 3.39. The lowest BCUT2D eigenvalue weighted by Gasteiger charge is -2.11. The number of aliphatic hydroxyl groups is 1. The number of ether oxygens (including phenoxy) is 1. The van der Waals surface area contributed by atoms with Crippen molar-refractivity contribution in [1.82, 2.24) is 0 Å². The Morgan fingerprint density at radius 3 is 2.90 bits per heavy atom. The van der Waals surface area contributed by atoms with Crippen molar-refractivity contribution < 1.29 is 14.8 Å². The van der Waals surface area contributed by atoms with Gasteiger partial charge in [0.15, 0.2) is 0 Å². The number of nitrogens with zero attached hydrogens (tertiary/aromatic N) is 1. The van der Waals surface area contributed by atoms with Gasteiger partial charge in [0, 0.05) is 29.7 Å². The number of fused-ring (bicyclic) bond motifs is 2. The molecule has 0 amide bonds. The summed E-state index contributed by atoms with van der Waals surface area (Å²) in [6.07, 6.45) is -0.480. The Morgan fingerprint density at radius 1 is 1.35 bits per heavy atom. The number of halogens is 1. The number of non-ortho nitro benzene ring substituents is 1. The average Bonchev–Trinajstić information content (AvgIpc) is 2.55. The molecule has 1 aliphatic rings. The van der Waals surface area contributed by atoms with Gasteiger partial charge in [-0.25, -0.2) is 0 Å². The van der Waals surface area contributed by atoms with Crippen molar-refractivity contribution in [3.8, 4) is 11.5 Å². The van der Waals surface area contributed by atoms with Gasteiger partial charge in [-0.15, -0.1) is 0 Å². The largest absolute Gasteiger partial charge is 0.455 e. The fraction of sp³-hybridized carbons (Fsp3) is 0.143. The van der Waals surface area contributed by atoms with Crippen molar-refractivity contribution in [3.05, 3.63) is 62.1 Å². The molecular weight excluding hydrogens is 326 g/mol. The third-order valence-electron chi connectivity index (χ3n) is 3.24. The lowest BCUT2D eigenvalue weighted by Crippen LogP contribution is -2.00. The van der Waals surface area contributed by atoms with Crippen LogP contribution in [-0.4, -0.2) is 10.0 Å². The number of benzene rings is 2. The zero-order valence-corrected chi connectivity index (χ0v) is 11.8. The van der Waals surface area contributed by atoms with Crippen molar-refractivity contribution in [2.45, 2.75) is 12.5 Å². The van der Waals surface area contributed by atoms with Crippen LogP contribution in [0.15, 0.2) is 40.9 Å². The molecule has 0 radical (unpaired) electrons. The Kier molecular flexibility index (Phi) is 3.19. The molecule has 1 atom stereocenters. The van der Waals surface area contributed by atoms with Crippen LogP contribution in [0.1, 0.15) is 17.2 Å². The lowest BCUT2D eigenvalue weighted by atomic mass is 10.0. The molecule has 5 nitrogen and oxygen atoms in total. The van der Waals surface area contributed by atoms with Gasteiger partial charge < -0.3 is 9.84 Å². The maximum absolute atomic E-state index is 10.8. The third-order valence-corrected chi connectivity index (χ3v) is 3.86. The van der Waals surface area contributed by atoms with Crippen molar-refractivity contribution in [2.75, 3.05) is 0 Å². The number of hydrogen-bond donors (Lipinski definition) is 1. The van der Waals surface area contributed by atoms with Gasteiger partial charge in [0.05, 0.1) is 15.5 Å². The monoisotopic (exact) mass is 335 g/mol. The quantitative estimate of drug-likeness (QED) is 0.636. The topological polar surface area (TPSA) is 72.6 Å². The van der Waals surface area contributed by atoms with Gasteiger partial charge in [0.25, 0.3) is 5.69 Å². The summed E-state index contributed by atoms with van der Waals surface area (Å²) in [4.78, 5) is 10.4. The van der Waals surface area contributed by atoms with Crippen molar-refractivity contribution in [2.24, 2.45) is 0 Å². The van der Waals surface area contributed by atoms with Crippen LogP contribution in [0, 0.1) is 10.1 Å². The van der Waals surface area contributed by atoms with E-state index in [9.17, 15) is 15.2 Å². The molecule has 6 heteroatoms. The van der Waals surface area contributed by atoms with Gasteiger partial charge >= 0.3 is 0 Å². The zero-order chi connectivity index (χ0) is 14.3. The highest BCUT2D eigenvalue weighted by atomic mass is 79.9. The summed E-state index contributed by atoms with van der Waals surface area (Å²) in [5.74, 6) is 1.08. The highest BCUT2D eigenvalue weighted by Gasteiger charge is 2.24. The van der Waals surface area contributed by atoms with Crippen LogP contribution >= 0.6 is 15.9 Å². The number of hydrogen-bond acceptors (Lipinski definition) is 4. The van der Waals surface area contributed by atoms with E-state index < -0.39 is 11.0 Å². The Bertz CT molecular complexity index is 702. The first-order chi connectivity index (χ1) is 9.56. The van der Waals surface area contributed by atoms with Crippen molar-refractivity contribution in [1.29, 1.82) is 0 Å². The van der Waals surface area contributed by atoms with Crippen LogP contribution in [-0.2, 0) is 6.42 Å². The predicted molar refractivity (Wildman–Crippen MR) is 76.0 cm³/mol. The minimum absolute atomic E-state index is 0.00966. The van der Waals surface area contributed by atoms with Gasteiger partial charge in [-0.05, 0) is 28.1 Å². The summed E-state index contributed by atoms with van der Waals surface area (Å²) < 4.78 is 6.55. The van der Waals surface area contributed by atoms with E-state index in [1.54, 1.807) is 12.1 Å². The summed E-state index contributed by atoms with van der Waals surface area (Å²) in [7, 11) is 0. The molecular formula is C14H10BrNO4. The second-order valence-corrected chi connectivity index (χ2v) is 5.38. The molecule has 0 fully saturated rings. The second-order valence-electron chi connectivity index (χ2n) is 4.53. The highest BCUT2D eigenvalue weighted by Crippen LogP contribution is 2.42. The normalized spacial score (nSPS) is 16.6. The number of nitro benzene ring substituents is 1. The molecule has 3 rings (SSSR count). The first kappa shape index (κ1) is 13.1. The van der Waals surface area contributed by atoms with Gasteiger partial charge in [0.2, 0.25) is 0 Å². The van der Waals surface area contributed by atoms with Crippen LogP contribution in [0.4, 0.5) is 5.69 Å². The molecule has 20 heavy (non-hydrogen) atoms. The van der Waals surface area contributed by atoms with E-state index >= 15 is 0 Å². The van der Waals surface area contributed by atoms with Crippen LogP contribution < -0.4 is 4.74 Å². The van der Waals surface area contributed by atoms with Gasteiger partial charge in [0.1, 0.15) is 11.5 Å². The molecule has 2 aromatic rings. The Balaban J connectivity index is 2.13. The SMILES string of the molecule is O=[N+]([O-])c1ccc2c(c1)CC(O)c1cccc(Br)c1O2. The molecule has 0 saturated heterocycles. The van der Waals surface area contributed by atoms with E-state index in [1.807, 2.05) is 12.1 Å². The highest BCUT2D eigenvalue weighted by molar-refractivity contribution is 9.10. The minimum Gasteiger partial charge on any atom is -0.455 e. The molecule has 0 spiro atoms.